The number of aromatic carboxylic acids is 1. The van der Waals surface area contributed by atoms with Gasteiger partial charge in [-0.3, -0.25) is 0 Å². The zero-order valence-corrected chi connectivity index (χ0v) is 9.97. The van der Waals surface area contributed by atoms with Gasteiger partial charge in [0.2, 0.25) is 0 Å². The molecule has 0 bridgehead atoms. The minimum atomic E-state index is -0.898. The van der Waals surface area contributed by atoms with Crippen molar-refractivity contribution < 1.29 is 9.90 Å². The molecule has 0 aliphatic rings. The van der Waals surface area contributed by atoms with Crippen LogP contribution in [0.25, 0.3) is 11.3 Å². The van der Waals surface area contributed by atoms with Gasteiger partial charge in [-0.1, -0.05) is 25.1 Å². The number of carboxylic acid groups (broad SMARTS) is 1. The van der Waals surface area contributed by atoms with E-state index in [0.29, 0.717) is 5.69 Å². The zero-order chi connectivity index (χ0) is 12.4. The molecule has 0 radical (unpaired) electrons. The maximum Gasteiger partial charge on any atom is 0.352 e. The molecule has 0 amide bonds. The molecule has 1 heterocycles. The van der Waals surface area contributed by atoms with Crippen molar-refractivity contribution in [2.24, 2.45) is 7.05 Å². The smallest absolute Gasteiger partial charge is 0.352 e. The van der Waals surface area contributed by atoms with Crippen LogP contribution >= 0.6 is 0 Å². The molecule has 88 valence electrons. The summed E-state index contributed by atoms with van der Waals surface area (Å²) in [4.78, 5) is 11.0. The molecule has 0 atom stereocenters. The van der Waals surface area contributed by atoms with E-state index in [1.54, 1.807) is 17.7 Å². The number of aromatic nitrogens is 1. The largest absolute Gasteiger partial charge is 0.477 e. The molecule has 0 spiro atoms. The van der Waals surface area contributed by atoms with Crippen molar-refractivity contribution in [3.8, 4) is 11.3 Å². The van der Waals surface area contributed by atoms with Crippen molar-refractivity contribution in [1.29, 1.82) is 0 Å². The highest BCUT2D eigenvalue weighted by Gasteiger charge is 2.11. The van der Waals surface area contributed by atoms with E-state index in [4.69, 9.17) is 5.11 Å². The Labute approximate surface area is 100 Å². The van der Waals surface area contributed by atoms with Gasteiger partial charge in [0.25, 0.3) is 0 Å². The predicted molar refractivity (Wildman–Crippen MR) is 67.2 cm³/mol. The fraction of sp³-hybridized carbons (Fsp3) is 0.214. The van der Waals surface area contributed by atoms with E-state index in [1.165, 1.54) is 5.56 Å². The lowest BCUT2D eigenvalue weighted by Crippen LogP contribution is -2.05. The first kappa shape index (κ1) is 11.5. The number of rotatable bonds is 3. The summed E-state index contributed by atoms with van der Waals surface area (Å²) >= 11 is 0. The number of carbonyl (C=O) groups is 1. The predicted octanol–water partition coefficient (Wildman–Crippen LogP) is 2.95. The monoisotopic (exact) mass is 229 g/mol. The number of nitrogens with zero attached hydrogens (tertiary/aromatic N) is 1. The second-order valence-corrected chi connectivity index (χ2v) is 4.02. The van der Waals surface area contributed by atoms with E-state index in [1.807, 2.05) is 18.2 Å². The highest BCUT2D eigenvalue weighted by molar-refractivity contribution is 5.87. The first-order chi connectivity index (χ1) is 8.13. The number of hydrogen-bond donors (Lipinski definition) is 1. The Kier molecular flexibility index (Phi) is 3.00. The average Bonchev–Trinajstić information content (AvgIpc) is 2.71. The van der Waals surface area contributed by atoms with Crippen LogP contribution in [0.5, 0.6) is 0 Å². The molecule has 0 aliphatic heterocycles. The summed E-state index contributed by atoms with van der Waals surface area (Å²) in [6, 6.07) is 11.7. The van der Waals surface area contributed by atoms with E-state index in [-0.39, 0.29) is 0 Å². The van der Waals surface area contributed by atoms with Crippen molar-refractivity contribution in [3.05, 3.63) is 47.7 Å². The van der Waals surface area contributed by atoms with Gasteiger partial charge >= 0.3 is 5.97 Å². The maximum atomic E-state index is 11.0. The quantitative estimate of drug-likeness (QED) is 0.879. The first-order valence-corrected chi connectivity index (χ1v) is 5.61. The van der Waals surface area contributed by atoms with Crippen LogP contribution in [0.15, 0.2) is 36.4 Å². The summed E-state index contributed by atoms with van der Waals surface area (Å²) < 4.78 is 1.71. The third-order valence-electron chi connectivity index (χ3n) is 2.97. The van der Waals surface area contributed by atoms with Gasteiger partial charge in [0, 0.05) is 12.7 Å². The number of hydrogen-bond acceptors (Lipinski definition) is 1. The molecule has 3 heteroatoms. The fourth-order valence-electron chi connectivity index (χ4n) is 1.97. The summed E-state index contributed by atoms with van der Waals surface area (Å²) in [5, 5.41) is 9.01. The third-order valence-corrected chi connectivity index (χ3v) is 2.97. The second kappa shape index (κ2) is 4.45. The normalized spacial score (nSPS) is 10.5. The summed E-state index contributed by atoms with van der Waals surface area (Å²) in [6.07, 6.45) is 0.976. The van der Waals surface area contributed by atoms with Crippen molar-refractivity contribution in [2.75, 3.05) is 0 Å². The van der Waals surface area contributed by atoms with E-state index in [2.05, 4.69) is 19.1 Å². The Morgan fingerprint density at radius 3 is 2.65 bits per heavy atom. The van der Waals surface area contributed by atoms with Crippen molar-refractivity contribution >= 4 is 5.97 Å². The van der Waals surface area contributed by atoms with Crippen LogP contribution in [0.1, 0.15) is 23.0 Å². The minimum absolute atomic E-state index is 0.307. The van der Waals surface area contributed by atoms with Crippen LogP contribution in [-0.2, 0) is 13.5 Å². The second-order valence-electron chi connectivity index (χ2n) is 4.02. The summed E-state index contributed by atoms with van der Waals surface area (Å²) in [5.74, 6) is -0.898. The molecule has 2 rings (SSSR count). The summed E-state index contributed by atoms with van der Waals surface area (Å²) in [5.41, 5.74) is 3.54. The molecule has 17 heavy (non-hydrogen) atoms. The van der Waals surface area contributed by atoms with Crippen LogP contribution in [0.3, 0.4) is 0 Å². The van der Waals surface area contributed by atoms with E-state index in [0.717, 1.165) is 17.7 Å². The highest BCUT2D eigenvalue weighted by atomic mass is 16.4. The Morgan fingerprint density at radius 2 is 2.06 bits per heavy atom. The molecule has 0 unspecified atom stereocenters. The standard InChI is InChI=1S/C14H15NO2/c1-3-10-5-4-6-11(9-10)12-7-8-13(14(16)17)15(12)2/h4-9H,3H2,1-2H3,(H,16,17). The van der Waals surface area contributed by atoms with Gasteiger partial charge in [-0.25, -0.2) is 4.79 Å². The van der Waals surface area contributed by atoms with Gasteiger partial charge in [0.15, 0.2) is 0 Å². The van der Waals surface area contributed by atoms with E-state index >= 15 is 0 Å². The highest BCUT2D eigenvalue weighted by Crippen LogP contribution is 2.22. The number of benzene rings is 1. The van der Waals surface area contributed by atoms with Gasteiger partial charge in [-0.15, -0.1) is 0 Å². The fourth-order valence-corrected chi connectivity index (χ4v) is 1.97. The number of carboxylic acids is 1. The van der Waals surface area contributed by atoms with Gasteiger partial charge in [-0.2, -0.15) is 0 Å². The topological polar surface area (TPSA) is 42.2 Å². The lowest BCUT2D eigenvalue weighted by Gasteiger charge is -2.06. The zero-order valence-electron chi connectivity index (χ0n) is 9.97. The molecular formula is C14H15NO2. The Bertz CT molecular complexity index is 555. The summed E-state index contributed by atoms with van der Waals surface area (Å²) in [6.45, 7) is 2.10. The Morgan fingerprint density at radius 1 is 1.29 bits per heavy atom. The molecule has 0 fully saturated rings. The van der Waals surface area contributed by atoms with Crippen LogP contribution in [0, 0.1) is 0 Å². The van der Waals surface area contributed by atoms with Gasteiger partial charge in [-0.05, 0) is 35.7 Å². The lowest BCUT2D eigenvalue weighted by atomic mass is 10.1. The third kappa shape index (κ3) is 2.09. The lowest BCUT2D eigenvalue weighted by molar-refractivity contribution is 0.0687. The Balaban J connectivity index is 2.49. The van der Waals surface area contributed by atoms with E-state index in [9.17, 15) is 4.79 Å². The van der Waals surface area contributed by atoms with Crippen LogP contribution < -0.4 is 0 Å². The molecule has 0 saturated heterocycles. The SMILES string of the molecule is CCc1cccc(-c2ccc(C(=O)O)n2C)c1. The van der Waals surface area contributed by atoms with Gasteiger partial charge in [0.05, 0.1) is 0 Å². The first-order valence-electron chi connectivity index (χ1n) is 5.61. The molecule has 1 N–H and O–H groups in total. The molecule has 1 aromatic heterocycles. The van der Waals surface area contributed by atoms with Crippen molar-refractivity contribution in [1.82, 2.24) is 4.57 Å². The summed E-state index contributed by atoms with van der Waals surface area (Å²) in [7, 11) is 1.78. The van der Waals surface area contributed by atoms with Gasteiger partial charge < -0.3 is 9.67 Å². The maximum absolute atomic E-state index is 11.0. The van der Waals surface area contributed by atoms with Crippen molar-refractivity contribution in [2.45, 2.75) is 13.3 Å². The minimum Gasteiger partial charge on any atom is -0.477 e. The average molecular weight is 229 g/mol. The molecule has 2 aromatic rings. The van der Waals surface area contributed by atoms with Gasteiger partial charge in [0.1, 0.15) is 5.69 Å². The molecule has 0 aliphatic carbocycles. The Hall–Kier alpha value is -2.03. The van der Waals surface area contributed by atoms with Crippen LogP contribution in [0.4, 0.5) is 0 Å². The van der Waals surface area contributed by atoms with Crippen molar-refractivity contribution in [3.63, 3.8) is 0 Å². The molecule has 0 saturated carbocycles. The van der Waals surface area contributed by atoms with E-state index < -0.39 is 5.97 Å². The molecule has 1 aromatic carbocycles. The molecular weight excluding hydrogens is 214 g/mol. The van der Waals surface area contributed by atoms with Crippen LogP contribution in [0.2, 0.25) is 0 Å². The molecule has 3 nitrogen and oxygen atoms in total. The number of aryl methyl sites for hydroxylation is 1. The van der Waals surface area contributed by atoms with Crippen LogP contribution in [-0.4, -0.2) is 15.6 Å².